The second kappa shape index (κ2) is 19.9. The van der Waals surface area contributed by atoms with Crippen LogP contribution < -0.4 is 20.2 Å². The van der Waals surface area contributed by atoms with Crippen LogP contribution in [0.2, 0.25) is 13.1 Å². The topological polar surface area (TPSA) is 16.3 Å². The van der Waals surface area contributed by atoms with E-state index in [1.54, 1.807) is 0 Å². The number of fused-ring (bicyclic) bond motifs is 6. The predicted molar refractivity (Wildman–Crippen MR) is 339 cm³/mol. The zero-order valence-corrected chi connectivity index (χ0v) is 45.2. The number of para-hydroxylation sites is 6. The fraction of sp³-hybridized carbons (Fsp3) is 0.0270. The monoisotopic (exact) mass is 1030 g/mol. The van der Waals surface area contributed by atoms with E-state index in [1.165, 1.54) is 76.2 Å². The van der Waals surface area contributed by atoms with Crippen LogP contribution in [0.5, 0.6) is 0 Å². The first-order valence-corrected chi connectivity index (χ1v) is 30.2. The first kappa shape index (κ1) is 47.5. The van der Waals surface area contributed by atoms with E-state index >= 15 is 0 Å². The summed E-state index contributed by atoms with van der Waals surface area (Å²) in [7, 11) is -2.03. The highest BCUT2D eigenvalue weighted by molar-refractivity contribution is 7.00. The number of aromatic nitrogens is 2. The summed E-state index contributed by atoms with van der Waals surface area (Å²) in [5, 5.41) is 7.75. The van der Waals surface area contributed by atoms with Gasteiger partial charge in [-0.2, -0.15) is 0 Å². The van der Waals surface area contributed by atoms with Gasteiger partial charge in [-0.05, 0) is 144 Å². The lowest BCUT2D eigenvalue weighted by Gasteiger charge is -2.26. The van der Waals surface area contributed by atoms with E-state index in [-0.39, 0.29) is 0 Å². The fourth-order valence-electron chi connectivity index (χ4n) is 11.9. The molecule has 4 nitrogen and oxygen atoms in total. The number of anilines is 6. The fourth-order valence-corrected chi connectivity index (χ4v) is 14.2. The van der Waals surface area contributed by atoms with E-state index in [9.17, 15) is 0 Å². The van der Waals surface area contributed by atoms with Crippen molar-refractivity contribution in [1.82, 2.24) is 9.13 Å². The van der Waals surface area contributed by atoms with Crippen LogP contribution in [0.3, 0.4) is 0 Å². The van der Waals surface area contributed by atoms with E-state index in [0.717, 1.165) is 45.5 Å². The van der Waals surface area contributed by atoms with Gasteiger partial charge in [0.2, 0.25) is 0 Å². The molecule has 0 unspecified atom stereocenters. The van der Waals surface area contributed by atoms with Crippen LogP contribution in [-0.4, -0.2) is 17.2 Å². The Labute approximate surface area is 462 Å². The summed E-state index contributed by atoms with van der Waals surface area (Å²) in [6.45, 7) is 4.93. The van der Waals surface area contributed by atoms with Gasteiger partial charge in [-0.15, -0.1) is 0 Å². The van der Waals surface area contributed by atoms with Crippen LogP contribution in [-0.2, 0) is 0 Å². The molecule has 0 aliphatic carbocycles. The van der Waals surface area contributed by atoms with Gasteiger partial charge in [-0.3, -0.25) is 0 Å². The second-order valence-corrected chi connectivity index (χ2v) is 25.4. The number of nitrogens with zero attached hydrogens (tertiary/aromatic N) is 4. The molecule has 14 rings (SSSR count). The molecule has 2 heterocycles. The van der Waals surface area contributed by atoms with Crippen molar-refractivity contribution in [3.05, 3.63) is 303 Å². The van der Waals surface area contributed by atoms with Gasteiger partial charge in [0.05, 0.1) is 22.1 Å². The lowest BCUT2D eigenvalue weighted by atomic mass is 10.0. The third-order valence-corrected chi connectivity index (χ3v) is 19.6. The van der Waals surface area contributed by atoms with Crippen LogP contribution in [0.4, 0.5) is 34.1 Å². The minimum atomic E-state index is -2.03. The number of hydrogen-bond donors (Lipinski definition) is 0. The Balaban J connectivity index is 0.711. The Morgan fingerprint density at radius 1 is 0.241 bits per heavy atom. The quantitative estimate of drug-likeness (QED) is 0.113. The first-order chi connectivity index (χ1) is 38.9. The average molecular weight is 1030 g/mol. The molecule has 0 fully saturated rings. The van der Waals surface area contributed by atoms with Gasteiger partial charge < -0.3 is 18.9 Å². The Bertz CT molecular complexity index is 4170. The minimum Gasteiger partial charge on any atom is -0.310 e. The molecule has 0 bridgehead atoms. The largest absolute Gasteiger partial charge is 0.310 e. The molecule has 0 saturated heterocycles. The molecule has 5 heteroatoms. The second-order valence-electron chi connectivity index (χ2n) is 21.0. The Hall–Kier alpha value is -9.94. The SMILES string of the molecule is C[Si](C)(c1ccc(-c2ccc(N(c3ccccc3)c3ccc4c(c3)c3ccccc3n4-c3ccccc3)cc2)cc1)c1ccc(-c2ccc(N(c3ccccc3)c3ccc4c(c3)c3ccccc3n4-c3ccccc3)cc2)cc1. The predicted octanol–water partition coefficient (Wildman–Crippen LogP) is 19.0. The third kappa shape index (κ3) is 8.58. The highest BCUT2D eigenvalue weighted by atomic mass is 28.3. The maximum absolute atomic E-state index is 2.46. The highest BCUT2D eigenvalue weighted by Gasteiger charge is 2.26. The van der Waals surface area contributed by atoms with Gasteiger partial charge in [-0.25, -0.2) is 0 Å². The number of rotatable bonds is 12. The summed E-state index contributed by atoms with van der Waals surface area (Å²) >= 11 is 0. The molecule has 2 aromatic heterocycles. The highest BCUT2D eigenvalue weighted by Crippen LogP contribution is 2.42. The van der Waals surface area contributed by atoms with E-state index in [4.69, 9.17) is 0 Å². The molecule has 0 aliphatic rings. The molecule has 0 N–H and O–H groups in total. The molecule has 0 radical (unpaired) electrons. The van der Waals surface area contributed by atoms with Gasteiger partial charge in [-0.1, -0.05) is 205 Å². The minimum absolute atomic E-state index is 1.11. The van der Waals surface area contributed by atoms with Gasteiger partial charge in [0.25, 0.3) is 0 Å². The standard InChI is InChI=1S/C74H56N4Si/c1-79(2,65-45-35-55(36-46-65)53-31-39-61(40-32-53)75(57-19-7-3-8-20-57)63-43-49-73-69(51-63)67-27-15-17-29-71(67)77(73)59-23-11-5-12-24-59)66-47-37-56(38-48-66)54-33-41-62(42-34-54)76(58-21-9-4-10-22-58)64-44-50-74-70(52-64)68-28-16-18-30-72(68)78(74)60-25-13-6-14-26-60/h3-52H,1-2H3. The van der Waals surface area contributed by atoms with Crippen molar-refractivity contribution < 1.29 is 0 Å². The van der Waals surface area contributed by atoms with Crippen molar-refractivity contribution in [1.29, 1.82) is 0 Å². The summed E-state index contributed by atoms with van der Waals surface area (Å²) in [4.78, 5) is 4.73. The van der Waals surface area contributed by atoms with E-state index < -0.39 is 8.07 Å². The summed E-state index contributed by atoms with van der Waals surface area (Å²) in [6.07, 6.45) is 0. The Morgan fingerprint density at radius 3 is 0.886 bits per heavy atom. The van der Waals surface area contributed by atoms with Crippen molar-refractivity contribution in [3.63, 3.8) is 0 Å². The molecule has 0 aliphatic heterocycles. The number of hydrogen-bond acceptors (Lipinski definition) is 2. The van der Waals surface area contributed by atoms with Gasteiger partial charge in [0.1, 0.15) is 8.07 Å². The Morgan fingerprint density at radius 2 is 0.519 bits per heavy atom. The maximum Gasteiger partial charge on any atom is 0.112 e. The van der Waals surface area contributed by atoms with E-state index in [2.05, 4.69) is 335 Å². The van der Waals surface area contributed by atoms with Gasteiger partial charge in [0.15, 0.2) is 0 Å². The third-order valence-electron chi connectivity index (χ3n) is 16.0. The van der Waals surface area contributed by atoms with Gasteiger partial charge in [0, 0.05) is 67.0 Å². The van der Waals surface area contributed by atoms with Gasteiger partial charge >= 0.3 is 0 Å². The summed E-state index contributed by atoms with van der Waals surface area (Å²) in [6, 6.07) is 111. The summed E-state index contributed by atoms with van der Waals surface area (Å²) in [5.41, 5.74) is 18.6. The van der Waals surface area contributed by atoms with Crippen molar-refractivity contribution in [2.24, 2.45) is 0 Å². The van der Waals surface area contributed by atoms with Crippen molar-refractivity contribution in [2.75, 3.05) is 9.80 Å². The van der Waals surface area contributed by atoms with Crippen molar-refractivity contribution >= 4 is 96.2 Å². The van der Waals surface area contributed by atoms with E-state index in [0.29, 0.717) is 0 Å². The molecule has 12 aromatic carbocycles. The molecular formula is C74H56N4Si. The van der Waals surface area contributed by atoms with E-state index in [1.807, 2.05) is 0 Å². The molecular weight excluding hydrogens is 973 g/mol. The summed E-state index contributed by atoms with van der Waals surface area (Å²) < 4.78 is 4.74. The Kier molecular flexibility index (Phi) is 12.0. The van der Waals surface area contributed by atoms with Crippen LogP contribution in [0, 0.1) is 0 Å². The molecule has 0 saturated carbocycles. The normalized spacial score (nSPS) is 11.7. The molecule has 0 atom stereocenters. The molecule has 376 valence electrons. The molecule has 0 spiro atoms. The van der Waals surface area contributed by atoms with Crippen LogP contribution in [0.15, 0.2) is 303 Å². The van der Waals surface area contributed by atoms with Crippen LogP contribution >= 0.6 is 0 Å². The van der Waals surface area contributed by atoms with Crippen molar-refractivity contribution in [2.45, 2.75) is 13.1 Å². The smallest absolute Gasteiger partial charge is 0.112 e. The molecule has 0 amide bonds. The number of benzene rings is 12. The zero-order valence-electron chi connectivity index (χ0n) is 44.2. The maximum atomic E-state index is 2.46. The lowest BCUT2D eigenvalue weighted by Crippen LogP contribution is -2.52. The van der Waals surface area contributed by atoms with Crippen LogP contribution in [0.25, 0.3) is 77.2 Å². The summed E-state index contributed by atoms with van der Waals surface area (Å²) in [5.74, 6) is 0. The average Bonchev–Trinajstić information content (AvgIpc) is 4.28. The van der Waals surface area contributed by atoms with Crippen molar-refractivity contribution in [3.8, 4) is 33.6 Å². The lowest BCUT2D eigenvalue weighted by molar-refractivity contribution is 1.18. The zero-order chi connectivity index (χ0) is 52.9. The molecule has 14 aromatic rings. The first-order valence-electron chi connectivity index (χ1n) is 27.2. The molecule has 79 heavy (non-hydrogen) atoms. The van der Waals surface area contributed by atoms with Crippen LogP contribution in [0.1, 0.15) is 0 Å².